The van der Waals surface area contributed by atoms with Crippen molar-refractivity contribution >= 4 is 7.82 Å². The first-order chi connectivity index (χ1) is 27.1. The molecule has 4 nitrogen and oxygen atoms in total. The monoisotopic (exact) mass is 831 g/mol. The maximum atomic E-state index is 16.3. The highest BCUT2D eigenvalue weighted by molar-refractivity contribution is 7.48. The highest BCUT2D eigenvalue weighted by atomic mass is 31.2. The van der Waals surface area contributed by atoms with Crippen molar-refractivity contribution in [1.29, 1.82) is 0 Å². The molecule has 0 aliphatic carbocycles. The fourth-order valence-corrected chi connectivity index (χ4v) is 12.3. The third-order valence-corrected chi connectivity index (χ3v) is 13.0. The van der Waals surface area contributed by atoms with E-state index in [2.05, 4.69) is 197 Å². The molecular formula is C54H87O4P. The van der Waals surface area contributed by atoms with Gasteiger partial charge in [0.15, 0.2) is 0 Å². The number of benzene rings is 3. The summed E-state index contributed by atoms with van der Waals surface area (Å²) in [6, 6.07) is 25.9. The molecule has 0 radical (unpaired) electrons. The number of hydrogen-bond acceptors (Lipinski definition) is 4. The minimum absolute atomic E-state index is 0.113. The molecule has 0 spiro atoms. The highest BCUT2D eigenvalue weighted by Crippen LogP contribution is 2.62. The summed E-state index contributed by atoms with van der Waals surface area (Å²) in [6.07, 6.45) is 6.07. The SMILES string of the molecule is CCCC(OP(=O)(OC(CCC)c1ccccc1C(C)(C)CC(C)(C)C)OC(CCC)c1ccccc1C(C)(C)CC(C)(C)C)c1ccccc1C(C)(C)CC(C)(C)C. The Morgan fingerprint density at radius 3 is 0.831 bits per heavy atom. The molecule has 0 saturated carbocycles. The van der Waals surface area contributed by atoms with Crippen LogP contribution in [0.4, 0.5) is 0 Å². The van der Waals surface area contributed by atoms with Crippen LogP contribution >= 0.6 is 7.82 Å². The molecule has 0 amide bonds. The Bertz CT molecular complexity index is 1590. The molecule has 0 saturated heterocycles. The van der Waals surface area contributed by atoms with Crippen molar-refractivity contribution in [3.8, 4) is 0 Å². The largest absolute Gasteiger partial charge is 0.476 e. The molecule has 0 aliphatic heterocycles. The van der Waals surface area contributed by atoms with Crippen molar-refractivity contribution in [2.75, 3.05) is 0 Å². The van der Waals surface area contributed by atoms with Crippen LogP contribution in [0.5, 0.6) is 0 Å². The summed E-state index contributed by atoms with van der Waals surface area (Å²) in [5.74, 6) is 0. The zero-order chi connectivity index (χ0) is 44.7. The Kier molecular flexibility index (Phi) is 17.6. The van der Waals surface area contributed by atoms with E-state index in [-0.39, 0.29) is 32.5 Å². The van der Waals surface area contributed by atoms with Crippen LogP contribution in [0, 0.1) is 16.2 Å². The van der Waals surface area contributed by atoms with Crippen molar-refractivity contribution in [2.24, 2.45) is 16.2 Å². The fourth-order valence-electron chi connectivity index (χ4n) is 10.6. The Labute approximate surface area is 364 Å². The topological polar surface area (TPSA) is 44.8 Å². The first-order valence-electron chi connectivity index (χ1n) is 23.0. The van der Waals surface area contributed by atoms with Gasteiger partial charge in [0, 0.05) is 0 Å². The van der Waals surface area contributed by atoms with Crippen LogP contribution in [-0.2, 0) is 34.4 Å². The molecule has 3 aromatic rings. The summed E-state index contributed by atoms with van der Waals surface area (Å²) in [7, 11) is -4.31. The first kappa shape index (κ1) is 51.1. The van der Waals surface area contributed by atoms with E-state index in [1.54, 1.807) is 0 Å². The zero-order valence-corrected chi connectivity index (χ0v) is 42.0. The van der Waals surface area contributed by atoms with E-state index in [9.17, 15) is 0 Å². The van der Waals surface area contributed by atoms with Crippen LogP contribution < -0.4 is 0 Å². The van der Waals surface area contributed by atoms with Crippen LogP contribution in [0.3, 0.4) is 0 Å². The maximum Gasteiger partial charge on any atom is 0.476 e. The molecule has 5 heteroatoms. The van der Waals surface area contributed by atoms with Crippen LogP contribution in [0.1, 0.15) is 234 Å². The lowest BCUT2D eigenvalue weighted by atomic mass is 9.70. The quantitative estimate of drug-likeness (QED) is 0.100. The average molecular weight is 831 g/mol. The van der Waals surface area contributed by atoms with Crippen LogP contribution in [0.25, 0.3) is 0 Å². The standard InChI is InChI=1S/C54H87O4P/c1-19-28-46(40-31-22-25-34-43(40)52(13,14)37-49(4,5)6)56-59(55,57-47(29-20-2)41-32-23-26-35-44(41)53(15,16)38-50(7,8)9)58-48(30-21-3)42-33-24-27-36-45(42)54(17,18)39-51(10,11)12/h22-27,31-36,46-48H,19-21,28-30,37-39H2,1-18H3. The van der Waals surface area contributed by atoms with Crippen molar-refractivity contribution in [1.82, 2.24) is 0 Å². The van der Waals surface area contributed by atoms with Gasteiger partial charge >= 0.3 is 7.82 Å². The number of phosphoric acid groups is 1. The van der Waals surface area contributed by atoms with Gasteiger partial charge in [0.05, 0.1) is 18.3 Å². The predicted octanol–water partition coefficient (Wildman–Crippen LogP) is 17.9. The van der Waals surface area contributed by atoms with Crippen LogP contribution in [-0.4, -0.2) is 0 Å². The van der Waals surface area contributed by atoms with Crippen molar-refractivity contribution in [3.05, 3.63) is 106 Å². The van der Waals surface area contributed by atoms with Gasteiger partial charge in [-0.1, -0.05) is 217 Å². The van der Waals surface area contributed by atoms with E-state index in [0.29, 0.717) is 19.3 Å². The van der Waals surface area contributed by atoms with Gasteiger partial charge in [-0.15, -0.1) is 0 Å². The third kappa shape index (κ3) is 15.3. The molecule has 0 heterocycles. The van der Waals surface area contributed by atoms with Crippen molar-refractivity contribution in [3.63, 3.8) is 0 Å². The third-order valence-electron chi connectivity index (χ3n) is 11.4. The molecule has 0 aliphatic rings. The van der Waals surface area contributed by atoms with E-state index < -0.39 is 26.1 Å². The second-order valence-electron chi connectivity index (χ2n) is 23.2. The van der Waals surface area contributed by atoms with Gasteiger partial charge in [-0.2, -0.15) is 0 Å². The average Bonchev–Trinajstić information content (AvgIpc) is 3.08. The van der Waals surface area contributed by atoms with E-state index in [1.807, 2.05) is 0 Å². The molecular weight excluding hydrogens is 744 g/mol. The summed E-state index contributed by atoms with van der Waals surface area (Å²) in [5, 5.41) is 0. The lowest BCUT2D eigenvalue weighted by Gasteiger charge is -2.38. The van der Waals surface area contributed by atoms with Crippen molar-refractivity contribution < 1.29 is 18.1 Å². The van der Waals surface area contributed by atoms with E-state index in [0.717, 1.165) is 55.2 Å². The summed E-state index contributed by atoms with van der Waals surface area (Å²) >= 11 is 0. The van der Waals surface area contributed by atoms with Crippen molar-refractivity contribution in [2.45, 2.75) is 217 Å². The fraction of sp³-hybridized carbons (Fsp3) is 0.667. The van der Waals surface area contributed by atoms with E-state index in [4.69, 9.17) is 13.6 Å². The van der Waals surface area contributed by atoms with Gasteiger partial charge in [0.2, 0.25) is 0 Å². The second-order valence-corrected chi connectivity index (χ2v) is 24.7. The van der Waals surface area contributed by atoms with Crippen LogP contribution in [0.15, 0.2) is 72.8 Å². The minimum atomic E-state index is -4.31. The molecule has 3 atom stereocenters. The molecule has 0 N–H and O–H groups in total. The first-order valence-corrected chi connectivity index (χ1v) is 24.5. The second kappa shape index (κ2) is 20.3. The van der Waals surface area contributed by atoms with Gasteiger partial charge in [-0.25, -0.2) is 4.57 Å². The Morgan fingerprint density at radius 2 is 0.627 bits per heavy atom. The summed E-state index contributed by atoms with van der Waals surface area (Å²) < 4.78 is 37.7. The van der Waals surface area contributed by atoms with Gasteiger partial charge in [-0.05, 0) is 104 Å². The Morgan fingerprint density at radius 1 is 0.407 bits per heavy atom. The molecule has 3 unspecified atom stereocenters. The van der Waals surface area contributed by atoms with Gasteiger partial charge < -0.3 is 0 Å². The molecule has 332 valence electrons. The molecule has 3 aromatic carbocycles. The number of rotatable bonds is 21. The zero-order valence-electron chi connectivity index (χ0n) is 41.1. The number of hydrogen-bond donors (Lipinski definition) is 0. The molecule has 0 aromatic heterocycles. The lowest BCUT2D eigenvalue weighted by Crippen LogP contribution is -2.28. The summed E-state index contributed by atoms with van der Waals surface area (Å²) in [4.78, 5) is 0. The number of phosphoric ester groups is 1. The lowest BCUT2D eigenvalue weighted by molar-refractivity contribution is 0.0209. The summed E-state index contributed by atoms with van der Waals surface area (Å²) in [5.41, 5.74) is 6.74. The van der Waals surface area contributed by atoms with Crippen LogP contribution in [0.2, 0.25) is 0 Å². The predicted molar refractivity (Wildman–Crippen MR) is 254 cm³/mol. The Balaban J connectivity index is 2.33. The maximum absolute atomic E-state index is 16.3. The highest BCUT2D eigenvalue weighted by Gasteiger charge is 2.42. The smallest absolute Gasteiger partial charge is 0.279 e. The normalized spacial score (nSPS) is 16.1. The van der Waals surface area contributed by atoms with Gasteiger partial charge in [0.1, 0.15) is 0 Å². The van der Waals surface area contributed by atoms with Gasteiger partial charge in [-0.3, -0.25) is 13.6 Å². The molecule has 0 fully saturated rings. The molecule has 3 rings (SSSR count). The minimum Gasteiger partial charge on any atom is -0.279 e. The van der Waals surface area contributed by atoms with Gasteiger partial charge in [0.25, 0.3) is 0 Å². The summed E-state index contributed by atoms with van der Waals surface area (Å²) in [6.45, 7) is 41.2. The molecule has 59 heavy (non-hydrogen) atoms. The van der Waals surface area contributed by atoms with E-state index >= 15 is 4.57 Å². The Hall–Kier alpha value is -2.23. The molecule has 0 bridgehead atoms. The van der Waals surface area contributed by atoms with E-state index in [1.165, 1.54) is 16.7 Å².